The maximum Gasteiger partial charge on any atom is 0.0287 e. The van der Waals surface area contributed by atoms with Crippen molar-refractivity contribution in [2.24, 2.45) is 0 Å². The van der Waals surface area contributed by atoms with Crippen LogP contribution in [-0.2, 0) is 6.42 Å². The van der Waals surface area contributed by atoms with Gasteiger partial charge in [0, 0.05) is 10.2 Å². The minimum absolute atomic E-state index is 1.18. The molecule has 0 aliphatic heterocycles. The minimum atomic E-state index is 1.18. The summed E-state index contributed by atoms with van der Waals surface area (Å²) in [5, 5.41) is 0. The van der Waals surface area contributed by atoms with Crippen LogP contribution in [0.4, 0.5) is 0 Å². The van der Waals surface area contributed by atoms with E-state index in [9.17, 15) is 0 Å². The van der Waals surface area contributed by atoms with Crippen LogP contribution in [0.3, 0.4) is 0 Å². The number of allylic oxidation sites excluding steroid dienone is 1. The Morgan fingerprint density at radius 3 is 2.55 bits per heavy atom. The van der Waals surface area contributed by atoms with Gasteiger partial charge in [0.05, 0.1) is 0 Å². The summed E-state index contributed by atoms with van der Waals surface area (Å²) in [6.07, 6.45) is 4.63. The Hall–Kier alpha value is -0.823. The van der Waals surface area contributed by atoms with E-state index in [1.165, 1.54) is 28.6 Å². The molecule has 0 radical (unpaired) electrons. The first-order valence-electron chi connectivity index (χ1n) is 4.08. The number of hydrogen-bond acceptors (Lipinski definition) is 0. The van der Waals surface area contributed by atoms with Crippen LogP contribution >= 0.6 is 0 Å². The van der Waals surface area contributed by atoms with Crippen molar-refractivity contribution >= 4 is 10.2 Å². The minimum Gasteiger partial charge on any atom is -0.109 e. The molecule has 0 aromatic heterocycles. The van der Waals surface area contributed by atoms with Gasteiger partial charge in [0.15, 0.2) is 0 Å². The molecule has 0 bridgehead atoms. The van der Waals surface area contributed by atoms with Crippen LogP contribution in [0.5, 0.6) is 0 Å². The molecule has 0 saturated carbocycles. The highest BCUT2D eigenvalue weighted by molar-refractivity contribution is 6.16. The molecule has 0 unspecified atom stereocenters. The number of benzene rings is 1. The predicted octanol–water partition coefficient (Wildman–Crippen LogP) is 1.50. The second-order valence-corrected chi connectivity index (χ2v) is 3.26. The fourth-order valence-electron chi connectivity index (χ4n) is 1.06. The SMILES string of the molecule is [SiH3]C=CCCc1ccccc1. The van der Waals surface area contributed by atoms with Crippen LogP contribution in [0.1, 0.15) is 12.0 Å². The van der Waals surface area contributed by atoms with Crippen LogP contribution in [0.15, 0.2) is 42.1 Å². The van der Waals surface area contributed by atoms with Gasteiger partial charge in [-0.1, -0.05) is 36.4 Å². The molecule has 58 valence electrons. The van der Waals surface area contributed by atoms with Crippen LogP contribution < -0.4 is 0 Å². The lowest BCUT2D eigenvalue weighted by Crippen LogP contribution is -1.80. The van der Waals surface area contributed by atoms with Crippen molar-refractivity contribution < 1.29 is 0 Å². The Labute approximate surface area is 71.4 Å². The fourth-order valence-corrected chi connectivity index (χ4v) is 1.39. The Morgan fingerprint density at radius 1 is 1.18 bits per heavy atom. The molecule has 11 heavy (non-hydrogen) atoms. The van der Waals surface area contributed by atoms with Crippen molar-refractivity contribution in [2.75, 3.05) is 0 Å². The molecular weight excluding hydrogens is 148 g/mol. The third-order valence-electron chi connectivity index (χ3n) is 1.68. The molecule has 0 saturated heterocycles. The van der Waals surface area contributed by atoms with Crippen molar-refractivity contribution in [1.82, 2.24) is 0 Å². The molecule has 1 aromatic rings. The molecular formula is C10H14Si. The summed E-state index contributed by atoms with van der Waals surface area (Å²) in [5.74, 6) is 0. The summed E-state index contributed by atoms with van der Waals surface area (Å²) in [6, 6.07) is 10.6. The van der Waals surface area contributed by atoms with E-state index in [1.54, 1.807) is 0 Å². The molecule has 0 aliphatic rings. The molecule has 0 spiro atoms. The maximum absolute atomic E-state index is 2.26. The van der Waals surface area contributed by atoms with Gasteiger partial charge in [0.1, 0.15) is 0 Å². The molecule has 0 nitrogen and oxygen atoms in total. The number of rotatable bonds is 3. The average molecular weight is 162 g/mol. The molecule has 1 aromatic carbocycles. The van der Waals surface area contributed by atoms with Gasteiger partial charge in [-0.05, 0) is 18.4 Å². The molecule has 0 heterocycles. The quantitative estimate of drug-likeness (QED) is 0.591. The highest BCUT2D eigenvalue weighted by Gasteiger charge is 1.86. The van der Waals surface area contributed by atoms with Gasteiger partial charge in [0.2, 0.25) is 0 Å². The van der Waals surface area contributed by atoms with Crippen molar-refractivity contribution in [3.63, 3.8) is 0 Å². The highest BCUT2D eigenvalue weighted by Crippen LogP contribution is 2.01. The topological polar surface area (TPSA) is 0 Å². The lowest BCUT2D eigenvalue weighted by atomic mass is 10.1. The average Bonchev–Trinajstić information content (AvgIpc) is 2.07. The predicted molar refractivity (Wildman–Crippen MR) is 53.8 cm³/mol. The second-order valence-electron chi connectivity index (χ2n) is 2.59. The molecule has 0 fully saturated rings. The van der Waals surface area contributed by atoms with Crippen molar-refractivity contribution in [1.29, 1.82) is 0 Å². The summed E-state index contributed by atoms with van der Waals surface area (Å²) in [4.78, 5) is 0. The molecule has 0 atom stereocenters. The first kappa shape index (κ1) is 8.28. The monoisotopic (exact) mass is 162 g/mol. The molecule has 1 rings (SSSR count). The van der Waals surface area contributed by atoms with Gasteiger partial charge in [0.25, 0.3) is 0 Å². The summed E-state index contributed by atoms with van der Waals surface area (Å²) in [6.45, 7) is 0. The van der Waals surface area contributed by atoms with E-state index in [-0.39, 0.29) is 0 Å². The van der Waals surface area contributed by atoms with Crippen LogP contribution in [-0.4, -0.2) is 10.2 Å². The fraction of sp³-hybridized carbons (Fsp3) is 0.200. The largest absolute Gasteiger partial charge is 0.109 e. The molecule has 0 amide bonds. The number of hydrogen-bond donors (Lipinski definition) is 0. The zero-order valence-electron chi connectivity index (χ0n) is 6.96. The third kappa shape index (κ3) is 3.19. The van der Waals surface area contributed by atoms with Crippen molar-refractivity contribution in [3.05, 3.63) is 47.7 Å². The van der Waals surface area contributed by atoms with E-state index in [2.05, 4.69) is 42.1 Å². The van der Waals surface area contributed by atoms with E-state index in [1.807, 2.05) is 0 Å². The summed E-state index contributed by atoms with van der Waals surface area (Å²) >= 11 is 0. The Kier molecular flexibility index (Phi) is 3.69. The maximum atomic E-state index is 2.26. The lowest BCUT2D eigenvalue weighted by molar-refractivity contribution is 1.00. The normalized spacial score (nSPS) is 10.9. The van der Waals surface area contributed by atoms with Gasteiger partial charge in [-0.2, -0.15) is 0 Å². The smallest absolute Gasteiger partial charge is 0.0287 e. The second kappa shape index (κ2) is 4.91. The third-order valence-corrected chi connectivity index (χ3v) is 2.15. The Balaban J connectivity index is 2.39. The highest BCUT2D eigenvalue weighted by atomic mass is 28.1. The van der Waals surface area contributed by atoms with Gasteiger partial charge in [-0.3, -0.25) is 0 Å². The molecule has 0 N–H and O–H groups in total. The van der Waals surface area contributed by atoms with E-state index >= 15 is 0 Å². The van der Waals surface area contributed by atoms with Gasteiger partial charge >= 0.3 is 0 Å². The molecule has 0 aliphatic carbocycles. The van der Waals surface area contributed by atoms with Gasteiger partial charge in [-0.15, -0.1) is 5.70 Å². The lowest BCUT2D eigenvalue weighted by Gasteiger charge is -1.95. The standard InChI is InChI=1S/C10H14Si/c11-9-5-4-8-10-6-2-1-3-7-10/h1-3,5-7,9H,4,8H2,11H3. The van der Waals surface area contributed by atoms with Crippen LogP contribution in [0.2, 0.25) is 0 Å². The van der Waals surface area contributed by atoms with E-state index in [0.29, 0.717) is 0 Å². The summed E-state index contributed by atoms with van der Waals surface area (Å²) < 4.78 is 0. The summed E-state index contributed by atoms with van der Waals surface area (Å²) in [5.41, 5.74) is 3.68. The van der Waals surface area contributed by atoms with E-state index < -0.39 is 0 Å². The summed E-state index contributed by atoms with van der Waals surface area (Å²) in [7, 11) is 1.19. The van der Waals surface area contributed by atoms with Gasteiger partial charge in [-0.25, -0.2) is 0 Å². The zero-order valence-corrected chi connectivity index (χ0v) is 8.96. The van der Waals surface area contributed by atoms with Crippen molar-refractivity contribution in [3.8, 4) is 0 Å². The van der Waals surface area contributed by atoms with Crippen molar-refractivity contribution in [2.45, 2.75) is 12.8 Å². The Bertz CT molecular complexity index is 214. The van der Waals surface area contributed by atoms with Crippen LogP contribution in [0.25, 0.3) is 0 Å². The van der Waals surface area contributed by atoms with Crippen LogP contribution in [0, 0.1) is 0 Å². The van der Waals surface area contributed by atoms with E-state index in [0.717, 1.165) is 0 Å². The first-order chi connectivity index (χ1) is 5.43. The molecule has 1 heteroatoms. The first-order valence-corrected chi connectivity index (χ1v) is 5.24. The van der Waals surface area contributed by atoms with Gasteiger partial charge < -0.3 is 0 Å². The Morgan fingerprint density at radius 2 is 1.91 bits per heavy atom. The number of aryl methyl sites for hydroxylation is 1. The zero-order chi connectivity index (χ0) is 7.94. The van der Waals surface area contributed by atoms with E-state index in [4.69, 9.17) is 0 Å².